The molecule has 1 unspecified atom stereocenters. The summed E-state index contributed by atoms with van der Waals surface area (Å²) in [5, 5.41) is 14.2. The van der Waals surface area contributed by atoms with E-state index in [0.717, 1.165) is 38.5 Å². The third-order valence-corrected chi connectivity index (χ3v) is 4.24. The topological polar surface area (TPSA) is 87.4 Å². The molecule has 8 heteroatoms. The Balaban J connectivity index is 1.51. The van der Waals surface area contributed by atoms with Crippen LogP contribution in [0, 0.1) is 10.1 Å². The lowest BCUT2D eigenvalue weighted by atomic mass is 10.2. The quantitative estimate of drug-likeness (QED) is 0.634. The van der Waals surface area contributed by atoms with Gasteiger partial charge in [-0.3, -0.25) is 15.0 Å². The Bertz CT molecular complexity index is 703. The molecular weight excluding hydrogens is 320 g/mol. The van der Waals surface area contributed by atoms with Crippen molar-refractivity contribution in [3.8, 4) is 0 Å². The zero-order valence-electron chi connectivity index (χ0n) is 14.2. The van der Waals surface area contributed by atoms with E-state index in [1.807, 2.05) is 31.3 Å². The minimum absolute atomic E-state index is 0.00863. The van der Waals surface area contributed by atoms with Crippen molar-refractivity contribution in [2.45, 2.75) is 13.0 Å². The van der Waals surface area contributed by atoms with Crippen LogP contribution in [0.15, 0.2) is 42.7 Å². The molecule has 8 nitrogen and oxygen atoms in total. The van der Waals surface area contributed by atoms with E-state index in [1.54, 1.807) is 12.3 Å². The van der Waals surface area contributed by atoms with E-state index in [1.165, 1.54) is 6.07 Å². The van der Waals surface area contributed by atoms with Crippen molar-refractivity contribution in [2.75, 3.05) is 42.9 Å². The van der Waals surface area contributed by atoms with E-state index in [0.29, 0.717) is 5.82 Å². The molecule has 1 N–H and O–H groups in total. The Morgan fingerprint density at radius 2 is 1.92 bits per heavy atom. The third kappa shape index (κ3) is 4.42. The maximum atomic E-state index is 11.1. The Morgan fingerprint density at radius 1 is 1.16 bits per heavy atom. The molecule has 3 rings (SSSR count). The summed E-state index contributed by atoms with van der Waals surface area (Å²) in [6.45, 7) is 6.55. The fourth-order valence-electron chi connectivity index (χ4n) is 3.02. The van der Waals surface area contributed by atoms with Gasteiger partial charge in [0.1, 0.15) is 5.82 Å². The zero-order valence-corrected chi connectivity index (χ0v) is 14.2. The molecule has 0 aliphatic carbocycles. The van der Waals surface area contributed by atoms with Gasteiger partial charge >= 0.3 is 5.69 Å². The Hall–Kier alpha value is -2.74. The predicted octanol–water partition coefficient (Wildman–Crippen LogP) is 2.01. The number of aromatic nitrogens is 2. The molecule has 1 aliphatic heterocycles. The van der Waals surface area contributed by atoms with E-state index >= 15 is 0 Å². The summed E-state index contributed by atoms with van der Waals surface area (Å²) < 4.78 is 0. The third-order valence-electron chi connectivity index (χ3n) is 4.24. The summed E-state index contributed by atoms with van der Waals surface area (Å²) in [7, 11) is 0. The van der Waals surface area contributed by atoms with E-state index < -0.39 is 4.92 Å². The molecule has 1 saturated heterocycles. The van der Waals surface area contributed by atoms with Crippen molar-refractivity contribution < 1.29 is 4.92 Å². The average Bonchev–Trinajstić information content (AvgIpc) is 2.63. The molecule has 0 saturated carbocycles. The molecule has 0 aromatic carbocycles. The number of pyridine rings is 2. The van der Waals surface area contributed by atoms with Crippen LogP contribution >= 0.6 is 0 Å². The summed E-state index contributed by atoms with van der Waals surface area (Å²) in [4.78, 5) is 23.8. The molecule has 3 heterocycles. The Kier molecular flexibility index (Phi) is 5.39. The second-order valence-corrected chi connectivity index (χ2v) is 6.15. The zero-order chi connectivity index (χ0) is 17.6. The molecule has 2 aromatic rings. The van der Waals surface area contributed by atoms with E-state index in [4.69, 9.17) is 0 Å². The molecule has 25 heavy (non-hydrogen) atoms. The first-order chi connectivity index (χ1) is 12.1. The smallest absolute Gasteiger partial charge is 0.311 e. The lowest BCUT2D eigenvalue weighted by Gasteiger charge is -2.36. The average molecular weight is 342 g/mol. The van der Waals surface area contributed by atoms with Crippen LogP contribution in [-0.4, -0.2) is 58.6 Å². The van der Waals surface area contributed by atoms with Gasteiger partial charge in [-0.1, -0.05) is 6.07 Å². The van der Waals surface area contributed by atoms with Gasteiger partial charge in [0.2, 0.25) is 5.82 Å². The van der Waals surface area contributed by atoms with Crippen LogP contribution in [0.5, 0.6) is 0 Å². The molecule has 1 aliphatic rings. The summed E-state index contributed by atoms with van der Waals surface area (Å²) >= 11 is 0. The number of nitrogens with one attached hydrogen (secondary N) is 1. The number of nitrogens with zero attached hydrogens (tertiary/aromatic N) is 5. The summed E-state index contributed by atoms with van der Waals surface area (Å²) in [5.41, 5.74) is 0.00863. The maximum absolute atomic E-state index is 11.1. The van der Waals surface area contributed by atoms with Crippen molar-refractivity contribution in [2.24, 2.45) is 0 Å². The SMILES string of the molecule is CC(CN1CCN(c2ccccn2)CC1)Nc1ncccc1[N+](=O)[O-]. The molecule has 2 aromatic heterocycles. The molecule has 0 amide bonds. The van der Waals surface area contributed by atoms with E-state index in [-0.39, 0.29) is 11.7 Å². The van der Waals surface area contributed by atoms with Crippen molar-refractivity contribution in [1.29, 1.82) is 0 Å². The first kappa shape index (κ1) is 17.1. The second-order valence-electron chi connectivity index (χ2n) is 6.15. The first-order valence-corrected chi connectivity index (χ1v) is 8.38. The minimum Gasteiger partial charge on any atom is -0.361 e. The number of hydrogen-bond donors (Lipinski definition) is 1. The van der Waals surface area contributed by atoms with Crippen LogP contribution in [0.1, 0.15) is 6.92 Å². The van der Waals surface area contributed by atoms with Gasteiger partial charge in [0.15, 0.2) is 0 Å². The molecular formula is C17H22N6O2. The number of rotatable bonds is 6. The second kappa shape index (κ2) is 7.89. The molecule has 0 bridgehead atoms. The molecule has 0 radical (unpaired) electrons. The summed E-state index contributed by atoms with van der Waals surface area (Å²) in [6.07, 6.45) is 3.38. The lowest BCUT2D eigenvalue weighted by molar-refractivity contribution is -0.384. The highest BCUT2D eigenvalue weighted by molar-refractivity contribution is 5.55. The van der Waals surface area contributed by atoms with Crippen LogP contribution in [0.3, 0.4) is 0 Å². The number of anilines is 2. The fraction of sp³-hybridized carbons (Fsp3) is 0.412. The van der Waals surface area contributed by atoms with Gasteiger partial charge in [0.25, 0.3) is 0 Å². The monoisotopic (exact) mass is 342 g/mol. The first-order valence-electron chi connectivity index (χ1n) is 8.38. The van der Waals surface area contributed by atoms with Gasteiger partial charge in [-0.15, -0.1) is 0 Å². The van der Waals surface area contributed by atoms with E-state index in [9.17, 15) is 10.1 Å². The number of hydrogen-bond acceptors (Lipinski definition) is 7. The van der Waals surface area contributed by atoms with Gasteiger partial charge in [-0.25, -0.2) is 9.97 Å². The van der Waals surface area contributed by atoms with Crippen molar-refractivity contribution in [3.05, 3.63) is 52.8 Å². The van der Waals surface area contributed by atoms with Gasteiger partial charge in [0.05, 0.1) is 4.92 Å². The van der Waals surface area contributed by atoms with Crippen molar-refractivity contribution in [1.82, 2.24) is 14.9 Å². The van der Waals surface area contributed by atoms with Gasteiger partial charge in [-0.2, -0.15) is 0 Å². The number of nitro groups is 1. The molecule has 1 fully saturated rings. The molecule has 132 valence electrons. The van der Waals surface area contributed by atoms with Crippen molar-refractivity contribution >= 4 is 17.3 Å². The maximum Gasteiger partial charge on any atom is 0.311 e. The van der Waals surface area contributed by atoms with Crippen LogP contribution < -0.4 is 10.2 Å². The van der Waals surface area contributed by atoms with Gasteiger partial charge < -0.3 is 10.2 Å². The largest absolute Gasteiger partial charge is 0.361 e. The van der Waals surface area contributed by atoms with Crippen molar-refractivity contribution in [3.63, 3.8) is 0 Å². The Morgan fingerprint density at radius 3 is 2.60 bits per heavy atom. The normalized spacial score (nSPS) is 16.4. The number of piperazine rings is 1. The highest BCUT2D eigenvalue weighted by atomic mass is 16.6. The van der Waals surface area contributed by atoms with Crippen LogP contribution in [0.4, 0.5) is 17.3 Å². The predicted molar refractivity (Wildman–Crippen MR) is 96.9 cm³/mol. The van der Waals surface area contributed by atoms with Gasteiger partial charge in [0, 0.05) is 57.2 Å². The molecule has 0 spiro atoms. The standard InChI is InChI=1S/C17H22N6O2/c1-14(20-17-15(23(24)25)5-4-8-19-17)13-21-9-11-22(12-10-21)16-6-2-3-7-18-16/h2-8,14H,9-13H2,1H3,(H,19,20). The van der Waals surface area contributed by atoms with Crippen LogP contribution in [-0.2, 0) is 0 Å². The van der Waals surface area contributed by atoms with Crippen LogP contribution in [0.25, 0.3) is 0 Å². The molecule has 1 atom stereocenters. The van der Waals surface area contributed by atoms with E-state index in [2.05, 4.69) is 25.1 Å². The highest BCUT2D eigenvalue weighted by Crippen LogP contribution is 2.21. The highest BCUT2D eigenvalue weighted by Gasteiger charge is 2.21. The minimum atomic E-state index is -0.409. The van der Waals surface area contributed by atoms with Crippen LogP contribution in [0.2, 0.25) is 0 Å². The lowest BCUT2D eigenvalue weighted by Crippen LogP contribution is -2.49. The fourth-order valence-corrected chi connectivity index (χ4v) is 3.02. The van der Waals surface area contributed by atoms with Gasteiger partial charge in [-0.05, 0) is 25.1 Å². The Labute approximate surface area is 146 Å². The summed E-state index contributed by atoms with van der Waals surface area (Å²) in [5.74, 6) is 1.34. The summed E-state index contributed by atoms with van der Waals surface area (Å²) in [6, 6.07) is 9.05.